The van der Waals surface area contributed by atoms with Crippen LogP contribution in [0, 0.1) is 0 Å². The summed E-state index contributed by atoms with van der Waals surface area (Å²) in [5, 5.41) is 5.82. The van der Waals surface area contributed by atoms with Crippen molar-refractivity contribution in [3.63, 3.8) is 0 Å². The number of hydrogen-bond acceptors (Lipinski definition) is 5. The normalized spacial score (nSPS) is 15.6. The fourth-order valence-electron chi connectivity index (χ4n) is 4.65. The molecule has 2 aliphatic rings. The molecule has 2 amide bonds. The maximum absolute atomic E-state index is 12.4. The van der Waals surface area contributed by atoms with Gasteiger partial charge in [0.05, 0.1) is 0 Å². The third-order valence-electron chi connectivity index (χ3n) is 6.59. The highest BCUT2D eigenvalue weighted by Gasteiger charge is 2.19. The number of aromatic nitrogens is 2. The fraction of sp³-hybridized carbons (Fsp3) is 0.370. The molecule has 1 aromatic carbocycles. The molecule has 1 fully saturated rings. The van der Waals surface area contributed by atoms with E-state index in [0.29, 0.717) is 19.0 Å². The quantitative estimate of drug-likeness (QED) is 0.551. The third-order valence-corrected chi connectivity index (χ3v) is 6.59. The van der Waals surface area contributed by atoms with Gasteiger partial charge in [-0.05, 0) is 60.9 Å². The molecule has 7 heteroatoms. The van der Waals surface area contributed by atoms with Gasteiger partial charge in [-0.3, -0.25) is 0 Å². The van der Waals surface area contributed by atoms with Gasteiger partial charge in [0.25, 0.3) is 0 Å². The van der Waals surface area contributed by atoms with E-state index in [4.69, 9.17) is 4.74 Å². The van der Waals surface area contributed by atoms with E-state index in [2.05, 4.69) is 49.8 Å². The number of urea groups is 1. The van der Waals surface area contributed by atoms with E-state index in [-0.39, 0.29) is 12.1 Å². The number of rotatable bonds is 7. The van der Waals surface area contributed by atoms with Crippen LogP contribution >= 0.6 is 0 Å². The Morgan fingerprint density at radius 3 is 2.62 bits per heavy atom. The number of carbonyl (C=O) groups excluding carboxylic acids is 1. The molecule has 0 bridgehead atoms. The van der Waals surface area contributed by atoms with Crippen molar-refractivity contribution in [2.75, 3.05) is 11.4 Å². The lowest BCUT2D eigenvalue weighted by molar-refractivity contribution is 0.198. The first-order chi connectivity index (χ1) is 16.7. The summed E-state index contributed by atoms with van der Waals surface area (Å²) in [6, 6.07) is 16.2. The molecule has 34 heavy (non-hydrogen) atoms. The van der Waals surface area contributed by atoms with Crippen molar-refractivity contribution < 1.29 is 9.53 Å². The number of ether oxygens (including phenoxy) is 1. The van der Waals surface area contributed by atoms with Gasteiger partial charge in [0.1, 0.15) is 11.9 Å². The van der Waals surface area contributed by atoms with Crippen LogP contribution in [0.3, 0.4) is 0 Å². The highest BCUT2D eigenvalue weighted by atomic mass is 16.5. The van der Waals surface area contributed by atoms with Gasteiger partial charge in [-0.15, -0.1) is 0 Å². The average Bonchev–Trinajstić information content (AvgIpc) is 3.40. The Labute approximate surface area is 200 Å². The Bertz CT molecular complexity index is 1110. The molecule has 5 rings (SSSR count). The lowest BCUT2D eigenvalue weighted by Gasteiger charge is -2.29. The summed E-state index contributed by atoms with van der Waals surface area (Å²) in [4.78, 5) is 23.7. The molecule has 7 nitrogen and oxygen atoms in total. The maximum atomic E-state index is 12.4. The number of nitrogens with one attached hydrogen (secondary N) is 2. The van der Waals surface area contributed by atoms with Gasteiger partial charge >= 0.3 is 6.03 Å². The lowest BCUT2D eigenvalue weighted by Crippen LogP contribution is -2.35. The largest absolute Gasteiger partial charge is 0.474 e. The van der Waals surface area contributed by atoms with E-state index < -0.39 is 0 Å². The molecule has 0 saturated heterocycles. The second-order valence-corrected chi connectivity index (χ2v) is 8.99. The van der Waals surface area contributed by atoms with Crippen molar-refractivity contribution in [3.8, 4) is 5.88 Å². The highest BCUT2D eigenvalue weighted by Crippen LogP contribution is 2.25. The fourth-order valence-corrected chi connectivity index (χ4v) is 4.65. The first-order valence-electron chi connectivity index (χ1n) is 12.1. The lowest BCUT2D eigenvalue weighted by atomic mass is 10.00. The van der Waals surface area contributed by atoms with Crippen LogP contribution < -0.4 is 20.3 Å². The number of anilines is 1. The number of pyridine rings is 2. The van der Waals surface area contributed by atoms with Crippen molar-refractivity contribution in [1.82, 2.24) is 20.6 Å². The van der Waals surface area contributed by atoms with Gasteiger partial charge in [-0.25, -0.2) is 14.8 Å². The summed E-state index contributed by atoms with van der Waals surface area (Å²) in [5.41, 5.74) is 4.64. The molecule has 1 aliphatic carbocycles. The van der Waals surface area contributed by atoms with Crippen molar-refractivity contribution in [3.05, 3.63) is 83.2 Å². The van der Waals surface area contributed by atoms with Crippen LogP contribution in [-0.2, 0) is 26.1 Å². The monoisotopic (exact) mass is 457 g/mol. The first-order valence-corrected chi connectivity index (χ1v) is 12.1. The number of amides is 2. The topological polar surface area (TPSA) is 79.4 Å². The van der Waals surface area contributed by atoms with Gasteiger partial charge < -0.3 is 20.3 Å². The summed E-state index contributed by atoms with van der Waals surface area (Å²) >= 11 is 0. The van der Waals surface area contributed by atoms with Crippen molar-refractivity contribution in [2.24, 2.45) is 0 Å². The molecule has 0 spiro atoms. The molecule has 1 saturated carbocycles. The predicted octanol–water partition coefficient (Wildman–Crippen LogP) is 4.36. The van der Waals surface area contributed by atoms with Crippen molar-refractivity contribution in [2.45, 2.75) is 57.8 Å². The summed E-state index contributed by atoms with van der Waals surface area (Å²) in [7, 11) is 0. The molecule has 1 aliphatic heterocycles. The minimum Gasteiger partial charge on any atom is -0.474 e. The van der Waals surface area contributed by atoms with E-state index in [9.17, 15) is 4.79 Å². The minimum absolute atomic E-state index is 0.229. The molecule has 0 radical (unpaired) electrons. The van der Waals surface area contributed by atoms with E-state index in [1.54, 1.807) is 6.20 Å². The molecule has 2 N–H and O–H groups in total. The molecule has 0 unspecified atom stereocenters. The smallest absolute Gasteiger partial charge is 0.315 e. The molecular formula is C27H31N5O2. The number of fused-ring (bicyclic) bond motifs is 1. The average molecular weight is 458 g/mol. The van der Waals surface area contributed by atoms with Crippen molar-refractivity contribution in [1.29, 1.82) is 0 Å². The van der Waals surface area contributed by atoms with Crippen LogP contribution in [-0.4, -0.2) is 28.6 Å². The Balaban J connectivity index is 1.10. The summed E-state index contributed by atoms with van der Waals surface area (Å²) in [6.07, 6.45) is 9.38. The van der Waals surface area contributed by atoms with Crippen LogP contribution in [0.1, 0.15) is 47.9 Å². The number of carbonyl (C=O) groups is 1. The van der Waals surface area contributed by atoms with Crippen LogP contribution in [0.25, 0.3) is 0 Å². The Morgan fingerprint density at radius 1 is 0.971 bits per heavy atom. The van der Waals surface area contributed by atoms with E-state index in [0.717, 1.165) is 49.3 Å². The maximum Gasteiger partial charge on any atom is 0.315 e. The standard InChI is InChI=1S/C27H31N5O2/c33-27(31-18-22-8-5-14-28-26(22)34-24-9-3-4-10-24)30-17-20-11-12-25(29-16-20)32-15-13-21-6-1-2-7-23(21)19-32/h1-2,5-8,11-12,14,16,24H,3-4,9-10,13,15,17-19H2,(H2,30,31,33). The minimum atomic E-state index is -0.229. The predicted molar refractivity (Wildman–Crippen MR) is 132 cm³/mol. The molecular weight excluding hydrogens is 426 g/mol. The second-order valence-electron chi connectivity index (χ2n) is 8.99. The number of benzene rings is 1. The molecule has 2 aromatic heterocycles. The van der Waals surface area contributed by atoms with Gasteiger partial charge in [0.15, 0.2) is 0 Å². The summed E-state index contributed by atoms with van der Waals surface area (Å²) < 4.78 is 6.05. The van der Waals surface area contributed by atoms with Gasteiger partial charge in [0, 0.05) is 44.1 Å². The highest BCUT2D eigenvalue weighted by molar-refractivity contribution is 5.73. The molecule has 176 valence electrons. The van der Waals surface area contributed by atoms with Crippen LogP contribution in [0.15, 0.2) is 60.9 Å². The van der Waals surface area contributed by atoms with Gasteiger partial charge in [-0.1, -0.05) is 36.4 Å². The molecule has 3 heterocycles. The molecule has 0 atom stereocenters. The number of nitrogens with zero attached hydrogens (tertiary/aromatic N) is 3. The number of hydrogen-bond donors (Lipinski definition) is 2. The SMILES string of the molecule is O=C(NCc1ccc(N2CCc3ccccc3C2)nc1)NCc1cccnc1OC1CCCC1. The van der Waals surface area contributed by atoms with Gasteiger partial charge in [0.2, 0.25) is 5.88 Å². The zero-order valence-electron chi connectivity index (χ0n) is 19.4. The Hall–Kier alpha value is -3.61. The third kappa shape index (κ3) is 5.47. The Kier molecular flexibility index (Phi) is 6.89. The van der Waals surface area contributed by atoms with E-state index >= 15 is 0 Å². The van der Waals surface area contributed by atoms with Crippen LogP contribution in [0.2, 0.25) is 0 Å². The van der Waals surface area contributed by atoms with E-state index in [1.807, 2.05) is 30.5 Å². The molecule has 3 aromatic rings. The first kappa shape index (κ1) is 22.2. The van der Waals surface area contributed by atoms with Crippen LogP contribution in [0.5, 0.6) is 5.88 Å². The summed E-state index contributed by atoms with van der Waals surface area (Å²) in [5.74, 6) is 1.59. The zero-order chi connectivity index (χ0) is 23.2. The zero-order valence-corrected chi connectivity index (χ0v) is 19.4. The van der Waals surface area contributed by atoms with Crippen LogP contribution in [0.4, 0.5) is 10.6 Å². The van der Waals surface area contributed by atoms with Crippen molar-refractivity contribution >= 4 is 11.8 Å². The second kappa shape index (κ2) is 10.5. The summed E-state index contributed by atoms with van der Waals surface area (Å²) in [6.45, 7) is 2.63. The Morgan fingerprint density at radius 2 is 1.79 bits per heavy atom. The van der Waals surface area contributed by atoms with Gasteiger partial charge in [-0.2, -0.15) is 0 Å². The van der Waals surface area contributed by atoms with E-state index in [1.165, 1.54) is 24.0 Å².